The second-order valence-electron chi connectivity index (χ2n) is 6.87. The maximum Gasteiger partial charge on any atom is 0.165 e. The largest absolute Gasteiger partial charge is 0.364 e. The van der Waals surface area contributed by atoms with Crippen LogP contribution in [0.3, 0.4) is 0 Å². The minimum Gasteiger partial charge on any atom is -0.364 e. The minimum absolute atomic E-state index is 0.360. The number of hydrogen-bond donors (Lipinski definition) is 3. The molecule has 3 N–H and O–H groups in total. The summed E-state index contributed by atoms with van der Waals surface area (Å²) in [6.07, 6.45) is 3.37. The number of nitrogens with zero attached hydrogens (tertiary/aromatic N) is 4. The van der Waals surface area contributed by atoms with Crippen LogP contribution in [0, 0.1) is 5.82 Å². The molecule has 0 aliphatic carbocycles. The Kier molecular flexibility index (Phi) is 3.28. The number of aromatic nitrogens is 6. The summed E-state index contributed by atoms with van der Waals surface area (Å²) in [5.41, 5.74) is 2.43. The second kappa shape index (κ2) is 5.58. The highest BCUT2D eigenvalue weighted by Gasteiger charge is 2.36. The molecule has 1 aliphatic heterocycles. The van der Waals surface area contributed by atoms with Crippen LogP contribution in [0.25, 0.3) is 22.3 Å². The van der Waals surface area contributed by atoms with Gasteiger partial charge < -0.3 is 10.1 Å². The Labute approximate surface area is 153 Å². The van der Waals surface area contributed by atoms with Crippen molar-refractivity contribution in [3.8, 4) is 11.4 Å². The number of aromatic amines is 2. The number of halogens is 1. The summed E-state index contributed by atoms with van der Waals surface area (Å²) in [6, 6.07) is 4.80. The summed E-state index contributed by atoms with van der Waals surface area (Å²) >= 11 is 0. The molecule has 0 fully saturated rings. The van der Waals surface area contributed by atoms with E-state index < -0.39 is 5.60 Å². The van der Waals surface area contributed by atoms with Crippen molar-refractivity contribution in [1.29, 1.82) is 0 Å². The van der Waals surface area contributed by atoms with Crippen LogP contribution in [0.2, 0.25) is 0 Å². The Balaban J connectivity index is 1.67. The molecule has 4 aromatic rings. The zero-order chi connectivity index (χ0) is 18.6. The van der Waals surface area contributed by atoms with Crippen LogP contribution in [0.15, 0.2) is 30.6 Å². The van der Waals surface area contributed by atoms with Gasteiger partial charge in [0.2, 0.25) is 0 Å². The van der Waals surface area contributed by atoms with Crippen molar-refractivity contribution in [3.63, 3.8) is 0 Å². The van der Waals surface area contributed by atoms with Gasteiger partial charge in [-0.3, -0.25) is 10.2 Å². The van der Waals surface area contributed by atoms with Gasteiger partial charge in [0.05, 0.1) is 35.0 Å². The molecule has 0 spiro atoms. The first-order chi connectivity index (χ1) is 13.0. The third kappa shape index (κ3) is 2.47. The van der Waals surface area contributed by atoms with Gasteiger partial charge in [-0.15, -0.1) is 0 Å². The number of H-pyrrole nitrogens is 2. The molecule has 0 saturated carbocycles. The van der Waals surface area contributed by atoms with E-state index in [-0.39, 0.29) is 5.82 Å². The zero-order valence-electron chi connectivity index (χ0n) is 14.7. The topological polar surface area (TPSA) is 104 Å². The van der Waals surface area contributed by atoms with Crippen LogP contribution in [0.4, 0.5) is 16.0 Å². The summed E-state index contributed by atoms with van der Waals surface area (Å²) in [6.45, 7) is 4.28. The smallest absolute Gasteiger partial charge is 0.165 e. The van der Waals surface area contributed by atoms with Crippen molar-refractivity contribution >= 4 is 22.5 Å². The first kappa shape index (κ1) is 15.9. The van der Waals surface area contributed by atoms with Crippen LogP contribution < -0.4 is 5.32 Å². The molecular formula is C18H16FN7O. The molecule has 8 nitrogen and oxygen atoms in total. The first-order valence-corrected chi connectivity index (χ1v) is 8.47. The lowest BCUT2D eigenvalue weighted by atomic mass is 10.0. The SMILES string of the molecule is CC1(C)OCc2c(Nc3n[nH]c4cccc(F)c34)nc(-c3cn[nH]c3)nc21. The molecule has 0 radical (unpaired) electrons. The van der Waals surface area contributed by atoms with Gasteiger partial charge >= 0.3 is 0 Å². The molecule has 3 aromatic heterocycles. The molecule has 1 aromatic carbocycles. The lowest BCUT2D eigenvalue weighted by Crippen LogP contribution is -2.17. The predicted octanol–water partition coefficient (Wildman–Crippen LogP) is 3.39. The van der Waals surface area contributed by atoms with Crippen molar-refractivity contribution in [2.24, 2.45) is 0 Å². The van der Waals surface area contributed by atoms with E-state index in [0.29, 0.717) is 35.0 Å². The van der Waals surface area contributed by atoms with E-state index >= 15 is 0 Å². The molecule has 1 aliphatic rings. The van der Waals surface area contributed by atoms with Crippen molar-refractivity contribution in [2.75, 3.05) is 5.32 Å². The predicted molar refractivity (Wildman–Crippen MR) is 96.8 cm³/mol. The van der Waals surface area contributed by atoms with Gasteiger partial charge in [0.15, 0.2) is 11.6 Å². The fourth-order valence-corrected chi connectivity index (χ4v) is 3.28. The van der Waals surface area contributed by atoms with E-state index in [9.17, 15) is 4.39 Å². The van der Waals surface area contributed by atoms with Crippen LogP contribution in [0.5, 0.6) is 0 Å². The van der Waals surface area contributed by atoms with Crippen LogP contribution in [0.1, 0.15) is 25.1 Å². The van der Waals surface area contributed by atoms with Crippen LogP contribution >= 0.6 is 0 Å². The molecule has 5 rings (SSSR count). The number of ether oxygens (including phenoxy) is 1. The maximum absolute atomic E-state index is 14.3. The van der Waals surface area contributed by atoms with Crippen LogP contribution in [-0.4, -0.2) is 30.4 Å². The molecule has 9 heteroatoms. The Hall–Kier alpha value is -3.33. The lowest BCUT2D eigenvalue weighted by molar-refractivity contribution is -0.00995. The van der Waals surface area contributed by atoms with Gasteiger partial charge in [-0.1, -0.05) is 6.07 Å². The van der Waals surface area contributed by atoms with Crippen molar-refractivity contribution in [2.45, 2.75) is 26.1 Å². The third-order valence-corrected chi connectivity index (χ3v) is 4.69. The Morgan fingerprint density at radius 1 is 1.22 bits per heavy atom. The van der Waals surface area contributed by atoms with E-state index in [0.717, 1.165) is 16.8 Å². The fourth-order valence-electron chi connectivity index (χ4n) is 3.28. The molecule has 27 heavy (non-hydrogen) atoms. The van der Waals surface area contributed by atoms with Gasteiger partial charge in [0, 0.05) is 11.8 Å². The van der Waals surface area contributed by atoms with E-state index in [1.54, 1.807) is 24.5 Å². The highest BCUT2D eigenvalue weighted by molar-refractivity contribution is 5.92. The quantitative estimate of drug-likeness (QED) is 0.514. The Bertz CT molecular complexity index is 1150. The lowest BCUT2D eigenvalue weighted by Gasteiger charge is -2.18. The van der Waals surface area contributed by atoms with Crippen LogP contribution in [-0.2, 0) is 16.9 Å². The monoisotopic (exact) mass is 365 g/mol. The van der Waals surface area contributed by atoms with Gasteiger partial charge in [-0.25, -0.2) is 14.4 Å². The number of benzene rings is 1. The number of anilines is 2. The van der Waals surface area contributed by atoms with E-state index in [1.807, 2.05) is 13.8 Å². The van der Waals surface area contributed by atoms with Gasteiger partial charge in [-0.05, 0) is 26.0 Å². The summed E-state index contributed by atoms with van der Waals surface area (Å²) in [5, 5.41) is 17.3. The number of fused-ring (bicyclic) bond motifs is 2. The highest BCUT2D eigenvalue weighted by atomic mass is 19.1. The summed E-state index contributed by atoms with van der Waals surface area (Å²) < 4.78 is 20.2. The molecule has 136 valence electrons. The average Bonchev–Trinajstić information content (AvgIpc) is 3.36. The summed E-state index contributed by atoms with van der Waals surface area (Å²) in [7, 11) is 0. The summed E-state index contributed by atoms with van der Waals surface area (Å²) in [5.74, 6) is 1.05. The van der Waals surface area contributed by atoms with E-state index in [2.05, 4.69) is 35.7 Å². The minimum atomic E-state index is -0.550. The molecule has 0 saturated heterocycles. The number of hydrogen-bond acceptors (Lipinski definition) is 6. The van der Waals surface area contributed by atoms with Gasteiger partial charge in [0.1, 0.15) is 17.2 Å². The molecule has 0 bridgehead atoms. The molecular weight excluding hydrogens is 349 g/mol. The van der Waals surface area contributed by atoms with Gasteiger partial charge in [0.25, 0.3) is 0 Å². The number of nitrogens with one attached hydrogen (secondary N) is 3. The first-order valence-electron chi connectivity index (χ1n) is 8.47. The van der Waals surface area contributed by atoms with E-state index in [4.69, 9.17) is 4.74 Å². The number of rotatable bonds is 3. The highest BCUT2D eigenvalue weighted by Crippen LogP contribution is 2.39. The Morgan fingerprint density at radius 2 is 2.11 bits per heavy atom. The maximum atomic E-state index is 14.3. The zero-order valence-corrected chi connectivity index (χ0v) is 14.7. The van der Waals surface area contributed by atoms with Crippen molar-refractivity contribution in [3.05, 3.63) is 47.7 Å². The average molecular weight is 365 g/mol. The third-order valence-electron chi connectivity index (χ3n) is 4.69. The second-order valence-corrected chi connectivity index (χ2v) is 6.87. The van der Waals surface area contributed by atoms with E-state index in [1.165, 1.54) is 6.07 Å². The van der Waals surface area contributed by atoms with Crippen molar-refractivity contribution < 1.29 is 9.13 Å². The Morgan fingerprint density at radius 3 is 2.93 bits per heavy atom. The standard InChI is InChI=1S/C18H16FN7O/c1-18(2)14-10(8-27-18)16(23-15(22-14)9-6-20-21-7-9)24-17-13-11(19)4-3-5-12(13)25-26-17/h3-7H,8H2,1-2H3,(H,20,21)(H2,22,23,24,25,26). The molecule has 0 unspecified atom stereocenters. The molecule has 0 amide bonds. The molecule has 4 heterocycles. The molecule has 0 atom stereocenters. The summed E-state index contributed by atoms with van der Waals surface area (Å²) in [4.78, 5) is 9.31. The van der Waals surface area contributed by atoms with Gasteiger partial charge in [-0.2, -0.15) is 10.2 Å². The fraction of sp³-hybridized carbons (Fsp3) is 0.222. The normalized spacial score (nSPS) is 15.2. The van der Waals surface area contributed by atoms with Crippen molar-refractivity contribution in [1.82, 2.24) is 30.4 Å².